The van der Waals surface area contributed by atoms with Gasteiger partial charge in [0.25, 0.3) is 0 Å². The lowest BCUT2D eigenvalue weighted by atomic mass is 10.1. The number of carbonyl (C=O) groups excluding carboxylic acids is 1. The quantitative estimate of drug-likeness (QED) is 0.660. The first kappa shape index (κ1) is 11.5. The van der Waals surface area contributed by atoms with Crippen LogP contribution < -0.4 is 5.32 Å². The van der Waals surface area contributed by atoms with Crippen LogP contribution in [0.25, 0.3) is 0 Å². The number of nitrogens with one attached hydrogen (secondary N) is 1. The van der Waals surface area contributed by atoms with Gasteiger partial charge in [-0.3, -0.25) is 4.79 Å². The van der Waals surface area contributed by atoms with Gasteiger partial charge in [-0.25, -0.2) is 0 Å². The van der Waals surface area contributed by atoms with Crippen LogP contribution in [0.2, 0.25) is 0 Å². The number of rotatable bonds is 6. The zero-order chi connectivity index (χ0) is 10.6. The molecule has 1 aliphatic carbocycles. The summed E-state index contributed by atoms with van der Waals surface area (Å²) in [5.74, 6) is 0.712. The van der Waals surface area contributed by atoms with Crippen molar-refractivity contribution in [3.05, 3.63) is 0 Å². The Labute approximate surface area is 86.2 Å². The van der Waals surface area contributed by atoms with Gasteiger partial charge in [-0.2, -0.15) is 0 Å². The fraction of sp³-hybridized carbons (Fsp3) is 0.909. The summed E-state index contributed by atoms with van der Waals surface area (Å²) >= 11 is 0. The third-order valence-corrected chi connectivity index (χ3v) is 2.76. The van der Waals surface area contributed by atoms with Gasteiger partial charge in [-0.15, -0.1) is 0 Å². The van der Waals surface area contributed by atoms with E-state index in [1.807, 2.05) is 13.8 Å². The van der Waals surface area contributed by atoms with Crippen molar-refractivity contribution in [2.75, 3.05) is 13.2 Å². The first-order valence-corrected chi connectivity index (χ1v) is 5.55. The number of hydrogen-bond acceptors (Lipinski definition) is 3. The summed E-state index contributed by atoms with van der Waals surface area (Å²) in [4.78, 5) is 11.3. The van der Waals surface area contributed by atoms with Gasteiger partial charge in [0.2, 0.25) is 0 Å². The number of carbonyl (C=O) groups is 1. The molecule has 0 spiro atoms. The van der Waals surface area contributed by atoms with Crippen LogP contribution in [0.5, 0.6) is 0 Å². The molecule has 14 heavy (non-hydrogen) atoms. The van der Waals surface area contributed by atoms with E-state index < -0.39 is 0 Å². The van der Waals surface area contributed by atoms with Crippen LogP contribution in [0, 0.1) is 11.8 Å². The Morgan fingerprint density at radius 2 is 2.14 bits per heavy atom. The van der Waals surface area contributed by atoms with Gasteiger partial charge < -0.3 is 10.1 Å². The van der Waals surface area contributed by atoms with Crippen LogP contribution in [-0.2, 0) is 9.53 Å². The van der Waals surface area contributed by atoms with Crippen molar-refractivity contribution in [3.8, 4) is 0 Å². The van der Waals surface area contributed by atoms with Crippen molar-refractivity contribution in [3.63, 3.8) is 0 Å². The van der Waals surface area contributed by atoms with Crippen molar-refractivity contribution in [2.45, 2.75) is 39.7 Å². The molecule has 1 saturated carbocycles. The second-order valence-corrected chi connectivity index (χ2v) is 4.19. The molecule has 1 N–H and O–H groups in total. The number of ether oxygens (including phenoxy) is 1. The molecule has 0 radical (unpaired) electrons. The normalized spacial score (nSPS) is 20.2. The van der Waals surface area contributed by atoms with Crippen molar-refractivity contribution >= 4 is 5.97 Å². The minimum atomic E-state index is -0.0944. The predicted molar refractivity (Wildman–Crippen MR) is 56.0 cm³/mol. The lowest BCUT2D eigenvalue weighted by molar-refractivity contribution is -0.147. The fourth-order valence-corrected chi connectivity index (χ4v) is 1.49. The fourth-order valence-electron chi connectivity index (χ4n) is 1.49. The Balaban J connectivity index is 2.12. The average Bonchev–Trinajstić information content (AvgIpc) is 2.97. The smallest absolute Gasteiger partial charge is 0.309 e. The highest BCUT2D eigenvalue weighted by molar-refractivity contribution is 5.72. The molecule has 0 aromatic heterocycles. The van der Waals surface area contributed by atoms with E-state index in [0.29, 0.717) is 12.6 Å². The first-order valence-electron chi connectivity index (χ1n) is 5.55. The van der Waals surface area contributed by atoms with E-state index in [4.69, 9.17) is 4.74 Å². The largest absolute Gasteiger partial charge is 0.466 e. The van der Waals surface area contributed by atoms with Crippen molar-refractivity contribution < 1.29 is 9.53 Å². The number of hydrogen-bond donors (Lipinski definition) is 1. The Kier molecular flexibility index (Phi) is 4.39. The average molecular weight is 199 g/mol. The zero-order valence-corrected chi connectivity index (χ0v) is 9.38. The maximum absolute atomic E-state index is 11.3. The Bertz CT molecular complexity index is 190. The van der Waals surface area contributed by atoms with Gasteiger partial charge in [0.15, 0.2) is 0 Å². The summed E-state index contributed by atoms with van der Waals surface area (Å²) in [5, 5.41) is 3.38. The molecule has 0 aromatic rings. The molecule has 0 saturated heterocycles. The van der Waals surface area contributed by atoms with E-state index in [2.05, 4.69) is 12.2 Å². The molecule has 82 valence electrons. The van der Waals surface area contributed by atoms with Crippen LogP contribution in [-0.4, -0.2) is 25.2 Å². The predicted octanol–water partition coefficient (Wildman–Crippen LogP) is 1.57. The second-order valence-electron chi connectivity index (χ2n) is 4.19. The highest BCUT2D eigenvalue weighted by atomic mass is 16.5. The third kappa shape index (κ3) is 3.66. The topological polar surface area (TPSA) is 38.3 Å². The monoisotopic (exact) mass is 199 g/mol. The van der Waals surface area contributed by atoms with E-state index in [-0.39, 0.29) is 11.9 Å². The Hall–Kier alpha value is -0.570. The molecule has 2 atom stereocenters. The lowest BCUT2D eigenvalue weighted by Crippen LogP contribution is -2.35. The molecule has 1 aliphatic rings. The minimum Gasteiger partial charge on any atom is -0.466 e. The molecule has 1 fully saturated rings. The molecule has 0 heterocycles. The summed E-state index contributed by atoms with van der Waals surface area (Å²) in [6.45, 7) is 7.14. The molecule has 0 aromatic carbocycles. The molecule has 0 bridgehead atoms. The van der Waals surface area contributed by atoms with E-state index in [9.17, 15) is 4.79 Å². The molecule has 3 heteroatoms. The summed E-state index contributed by atoms with van der Waals surface area (Å²) in [7, 11) is 0. The number of esters is 1. The van der Waals surface area contributed by atoms with Crippen LogP contribution >= 0.6 is 0 Å². The summed E-state index contributed by atoms with van der Waals surface area (Å²) in [6.07, 6.45) is 2.67. The standard InChI is InChI=1S/C11H21NO2/c1-4-14-11(13)8(2)7-12-9(3)10-5-6-10/h8-10,12H,4-7H2,1-3H3. The second kappa shape index (κ2) is 5.35. The molecule has 3 nitrogen and oxygen atoms in total. The molecule has 2 unspecified atom stereocenters. The SMILES string of the molecule is CCOC(=O)C(C)CNC(C)C1CC1. The maximum Gasteiger partial charge on any atom is 0.309 e. The van der Waals surface area contributed by atoms with Gasteiger partial charge in [-0.05, 0) is 32.6 Å². The van der Waals surface area contributed by atoms with Crippen LogP contribution in [0.15, 0.2) is 0 Å². The van der Waals surface area contributed by atoms with Crippen molar-refractivity contribution in [1.29, 1.82) is 0 Å². The van der Waals surface area contributed by atoms with E-state index in [0.717, 1.165) is 12.5 Å². The van der Waals surface area contributed by atoms with Crippen molar-refractivity contribution in [1.82, 2.24) is 5.32 Å². The summed E-state index contributed by atoms with van der Waals surface area (Å²) in [6, 6.07) is 0.548. The van der Waals surface area contributed by atoms with Crippen LogP contribution in [0.3, 0.4) is 0 Å². The summed E-state index contributed by atoms with van der Waals surface area (Å²) < 4.78 is 4.93. The minimum absolute atomic E-state index is 0.0313. The van der Waals surface area contributed by atoms with Gasteiger partial charge in [0, 0.05) is 12.6 Å². The van der Waals surface area contributed by atoms with Gasteiger partial charge in [-0.1, -0.05) is 6.92 Å². The molecular formula is C11H21NO2. The zero-order valence-electron chi connectivity index (χ0n) is 9.38. The highest BCUT2D eigenvalue weighted by Gasteiger charge is 2.28. The van der Waals surface area contributed by atoms with Gasteiger partial charge >= 0.3 is 5.97 Å². The van der Waals surface area contributed by atoms with Crippen LogP contribution in [0.4, 0.5) is 0 Å². The van der Waals surface area contributed by atoms with Crippen molar-refractivity contribution in [2.24, 2.45) is 11.8 Å². The molecular weight excluding hydrogens is 178 g/mol. The van der Waals surface area contributed by atoms with Gasteiger partial charge in [0.05, 0.1) is 12.5 Å². The molecule has 1 rings (SSSR count). The molecule has 0 amide bonds. The Morgan fingerprint density at radius 1 is 1.50 bits per heavy atom. The Morgan fingerprint density at radius 3 is 2.64 bits per heavy atom. The summed E-state index contributed by atoms with van der Waals surface area (Å²) in [5.41, 5.74) is 0. The maximum atomic E-state index is 11.3. The molecule has 0 aliphatic heterocycles. The lowest BCUT2D eigenvalue weighted by Gasteiger charge is -2.16. The van der Waals surface area contributed by atoms with E-state index in [1.165, 1.54) is 12.8 Å². The van der Waals surface area contributed by atoms with Gasteiger partial charge in [0.1, 0.15) is 0 Å². The van der Waals surface area contributed by atoms with E-state index >= 15 is 0 Å². The van der Waals surface area contributed by atoms with Crippen LogP contribution in [0.1, 0.15) is 33.6 Å². The first-order chi connectivity index (χ1) is 6.65. The highest BCUT2D eigenvalue weighted by Crippen LogP contribution is 2.32. The third-order valence-electron chi connectivity index (χ3n) is 2.76. The van der Waals surface area contributed by atoms with E-state index in [1.54, 1.807) is 0 Å².